The number of aryl methyl sites for hydroxylation is 1. The van der Waals surface area contributed by atoms with Gasteiger partial charge in [0.25, 0.3) is 0 Å². The fourth-order valence-corrected chi connectivity index (χ4v) is 2.89. The third-order valence-corrected chi connectivity index (χ3v) is 4.06. The van der Waals surface area contributed by atoms with Crippen LogP contribution < -0.4 is 4.74 Å². The van der Waals surface area contributed by atoms with Crippen LogP contribution in [0.15, 0.2) is 48.5 Å². The van der Waals surface area contributed by atoms with E-state index in [1.807, 2.05) is 6.07 Å². The zero-order valence-corrected chi connectivity index (χ0v) is 12.8. The maximum Gasteiger partial charge on any atom is 0.119 e. The molecule has 0 unspecified atom stereocenters. The number of fused-ring (bicyclic) bond motifs is 1. The number of ether oxygens (including phenoxy) is 1. The Balaban J connectivity index is 1.87. The van der Waals surface area contributed by atoms with Gasteiger partial charge >= 0.3 is 0 Å². The summed E-state index contributed by atoms with van der Waals surface area (Å²) in [6.45, 7) is 0.730. The SMILES string of the molecule is OCCCOc1ccc2c(c1)C=C(c1ccccc1)CCC2. The Kier molecular flexibility index (Phi) is 4.92. The Bertz CT molecular complexity index is 644. The Morgan fingerprint density at radius 3 is 2.68 bits per heavy atom. The van der Waals surface area contributed by atoms with Crippen molar-refractivity contribution < 1.29 is 9.84 Å². The Morgan fingerprint density at radius 2 is 1.86 bits per heavy atom. The second-order valence-corrected chi connectivity index (χ2v) is 5.68. The van der Waals surface area contributed by atoms with Gasteiger partial charge in [-0.2, -0.15) is 0 Å². The standard InChI is InChI=1S/C20H22O2/c21-12-5-13-22-20-11-10-17-8-4-9-18(14-19(17)15-20)16-6-2-1-3-7-16/h1-3,6-7,10-11,14-15,21H,4-5,8-9,12-13H2. The van der Waals surface area contributed by atoms with E-state index in [-0.39, 0.29) is 6.61 Å². The summed E-state index contributed by atoms with van der Waals surface area (Å²) in [5.74, 6) is 0.887. The molecule has 2 nitrogen and oxygen atoms in total. The molecule has 0 bridgehead atoms. The number of allylic oxidation sites excluding steroid dienone is 1. The Morgan fingerprint density at radius 1 is 1.00 bits per heavy atom. The van der Waals surface area contributed by atoms with Crippen LogP contribution in [0.3, 0.4) is 0 Å². The zero-order chi connectivity index (χ0) is 15.2. The lowest BCUT2D eigenvalue weighted by atomic mass is 10.0. The van der Waals surface area contributed by atoms with E-state index in [9.17, 15) is 0 Å². The Hall–Kier alpha value is -2.06. The van der Waals surface area contributed by atoms with Crippen LogP contribution >= 0.6 is 0 Å². The highest BCUT2D eigenvalue weighted by Crippen LogP contribution is 2.31. The first-order valence-corrected chi connectivity index (χ1v) is 7.99. The van der Waals surface area contributed by atoms with E-state index in [4.69, 9.17) is 9.84 Å². The summed E-state index contributed by atoms with van der Waals surface area (Å²) in [7, 11) is 0. The molecule has 1 aliphatic rings. The van der Waals surface area contributed by atoms with Crippen molar-refractivity contribution in [3.05, 3.63) is 65.2 Å². The average Bonchev–Trinajstić information content (AvgIpc) is 2.78. The van der Waals surface area contributed by atoms with Crippen molar-refractivity contribution >= 4 is 11.6 Å². The van der Waals surface area contributed by atoms with E-state index in [2.05, 4.69) is 48.5 Å². The van der Waals surface area contributed by atoms with Gasteiger partial charge in [0, 0.05) is 13.0 Å². The van der Waals surface area contributed by atoms with Gasteiger partial charge in [0.1, 0.15) is 5.75 Å². The van der Waals surface area contributed by atoms with Crippen LogP contribution in [0, 0.1) is 0 Å². The monoisotopic (exact) mass is 294 g/mol. The molecule has 0 atom stereocenters. The second kappa shape index (κ2) is 7.28. The van der Waals surface area contributed by atoms with Gasteiger partial charge in [-0.05, 0) is 53.7 Å². The minimum absolute atomic E-state index is 0.170. The van der Waals surface area contributed by atoms with Crippen LogP contribution in [0.4, 0.5) is 0 Å². The number of hydrogen-bond donors (Lipinski definition) is 1. The third kappa shape index (κ3) is 3.58. The van der Waals surface area contributed by atoms with Crippen molar-refractivity contribution in [2.45, 2.75) is 25.7 Å². The highest BCUT2D eigenvalue weighted by atomic mass is 16.5. The zero-order valence-electron chi connectivity index (χ0n) is 12.8. The predicted molar refractivity (Wildman–Crippen MR) is 90.9 cm³/mol. The second-order valence-electron chi connectivity index (χ2n) is 5.68. The molecule has 0 radical (unpaired) electrons. The molecular formula is C20H22O2. The van der Waals surface area contributed by atoms with Gasteiger partial charge in [0.15, 0.2) is 0 Å². The molecule has 3 rings (SSSR count). The van der Waals surface area contributed by atoms with Crippen molar-refractivity contribution in [3.63, 3.8) is 0 Å². The van der Waals surface area contributed by atoms with E-state index < -0.39 is 0 Å². The van der Waals surface area contributed by atoms with Gasteiger partial charge in [0.2, 0.25) is 0 Å². The summed E-state index contributed by atoms with van der Waals surface area (Å²) >= 11 is 0. The third-order valence-electron chi connectivity index (χ3n) is 4.06. The molecule has 0 aromatic heterocycles. The summed E-state index contributed by atoms with van der Waals surface area (Å²) < 4.78 is 5.70. The normalized spacial score (nSPS) is 14.0. The minimum atomic E-state index is 0.170. The first kappa shape index (κ1) is 14.9. The molecule has 22 heavy (non-hydrogen) atoms. The van der Waals surface area contributed by atoms with Crippen LogP contribution in [0.1, 0.15) is 36.0 Å². The quantitative estimate of drug-likeness (QED) is 0.832. The lowest BCUT2D eigenvalue weighted by molar-refractivity contribution is 0.233. The van der Waals surface area contributed by atoms with Crippen LogP contribution in [0.2, 0.25) is 0 Å². The number of aliphatic hydroxyl groups excluding tert-OH is 1. The van der Waals surface area contributed by atoms with E-state index in [0.717, 1.165) is 18.6 Å². The molecule has 2 aromatic carbocycles. The largest absolute Gasteiger partial charge is 0.493 e. The van der Waals surface area contributed by atoms with Gasteiger partial charge in [-0.25, -0.2) is 0 Å². The molecule has 0 aliphatic heterocycles. The average molecular weight is 294 g/mol. The molecule has 2 aromatic rings. The molecular weight excluding hydrogens is 272 g/mol. The molecule has 1 N–H and O–H groups in total. The predicted octanol–water partition coefficient (Wildman–Crippen LogP) is 4.32. The number of hydrogen-bond acceptors (Lipinski definition) is 2. The van der Waals surface area contributed by atoms with E-state index in [1.54, 1.807) is 0 Å². The molecule has 1 aliphatic carbocycles. The molecule has 0 saturated heterocycles. The van der Waals surface area contributed by atoms with Crippen molar-refractivity contribution in [1.29, 1.82) is 0 Å². The first-order chi connectivity index (χ1) is 10.9. The van der Waals surface area contributed by atoms with Crippen molar-refractivity contribution in [3.8, 4) is 5.75 Å². The molecule has 0 saturated carbocycles. The van der Waals surface area contributed by atoms with E-state index in [1.165, 1.54) is 28.7 Å². The fraction of sp³-hybridized carbons (Fsp3) is 0.300. The Labute approximate surface area is 132 Å². The number of aliphatic hydroxyl groups is 1. The summed E-state index contributed by atoms with van der Waals surface area (Å²) in [6.07, 6.45) is 6.37. The maximum absolute atomic E-state index is 8.84. The van der Waals surface area contributed by atoms with Crippen molar-refractivity contribution in [1.82, 2.24) is 0 Å². The summed E-state index contributed by atoms with van der Waals surface area (Å²) in [5.41, 5.74) is 5.35. The smallest absolute Gasteiger partial charge is 0.119 e. The molecule has 114 valence electrons. The first-order valence-electron chi connectivity index (χ1n) is 7.99. The van der Waals surface area contributed by atoms with E-state index >= 15 is 0 Å². The summed E-state index contributed by atoms with van der Waals surface area (Å²) in [4.78, 5) is 0. The molecule has 0 spiro atoms. The lowest BCUT2D eigenvalue weighted by Gasteiger charge is -2.09. The number of rotatable bonds is 5. The van der Waals surface area contributed by atoms with Crippen molar-refractivity contribution in [2.75, 3.05) is 13.2 Å². The van der Waals surface area contributed by atoms with Crippen LogP contribution in [0.25, 0.3) is 11.6 Å². The molecule has 2 heteroatoms. The van der Waals surface area contributed by atoms with Gasteiger partial charge in [-0.15, -0.1) is 0 Å². The van der Waals surface area contributed by atoms with Crippen LogP contribution in [-0.4, -0.2) is 18.3 Å². The van der Waals surface area contributed by atoms with Gasteiger partial charge in [-0.1, -0.05) is 42.5 Å². The summed E-state index contributed by atoms with van der Waals surface area (Å²) in [5, 5.41) is 8.84. The van der Waals surface area contributed by atoms with Gasteiger partial charge in [-0.3, -0.25) is 0 Å². The highest BCUT2D eigenvalue weighted by Gasteiger charge is 2.11. The van der Waals surface area contributed by atoms with E-state index in [0.29, 0.717) is 13.0 Å². The summed E-state index contributed by atoms with van der Waals surface area (Å²) in [6, 6.07) is 16.9. The van der Waals surface area contributed by atoms with Gasteiger partial charge in [0.05, 0.1) is 6.61 Å². The van der Waals surface area contributed by atoms with Gasteiger partial charge < -0.3 is 9.84 Å². The fourth-order valence-electron chi connectivity index (χ4n) is 2.89. The minimum Gasteiger partial charge on any atom is -0.493 e. The van der Waals surface area contributed by atoms with Crippen LogP contribution in [-0.2, 0) is 6.42 Å². The molecule has 0 fully saturated rings. The highest BCUT2D eigenvalue weighted by molar-refractivity contribution is 5.83. The van der Waals surface area contributed by atoms with Crippen LogP contribution in [0.5, 0.6) is 5.75 Å². The number of benzene rings is 2. The molecule has 0 amide bonds. The molecule has 0 heterocycles. The van der Waals surface area contributed by atoms with Crippen molar-refractivity contribution in [2.24, 2.45) is 0 Å². The topological polar surface area (TPSA) is 29.5 Å². The maximum atomic E-state index is 8.84. The lowest BCUT2D eigenvalue weighted by Crippen LogP contribution is -2.00.